The fraction of sp³-hybridized carbons (Fsp3) is 0.125. The Hall–Kier alpha value is -3.58. The van der Waals surface area contributed by atoms with E-state index in [0.717, 1.165) is 27.5 Å². The highest BCUT2D eigenvalue weighted by Crippen LogP contribution is 2.25. The van der Waals surface area contributed by atoms with Crippen molar-refractivity contribution in [2.45, 2.75) is 11.7 Å². The minimum Gasteiger partial charge on any atom is -0.497 e. The van der Waals surface area contributed by atoms with Gasteiger partial charge in [-0.2, -0.15) is 5.10 Å². The van der Waals surface area contributed by atoms with E-state index in [4.69, 9.17) is 9.72 Å². The molecule has 4 aromatic rings. The van der Waals surface area contributed by atoms with Crippen LogP contribution in [0.3, 0.4) is 0 Å². The summed E-state index contributed by atoms with van der Waals surface area (Å²) in [5.74, 6) is 0.807. The first-order chi connectivity index (χ1) is 15.2. The number of hydrogen-bond acceptors (Lipinski definition) is 5. The van der Waals surface area contributed by atoms with Gasteiger partial charge in [0.15, 0.2) is 5.16 Å². The third-order valence-electron chi connectivity index (χ3n) is 4.65. The van der Waals surface area contributed by atoms with Crippen LogP contribution in [0.15, 0.2) is 89.1 Å². The van der Waals surface area contributed by atoms with Gasteiger partial charge in [-0.3, -0.25) is 4.79 Å². The van der Waals surface area contributed by atoms with E-state index in [-0.39, 0.29) is 11.7 Å². The number of rotatable bonds is 8. The van der Waals surface area contributed by atoms with Gasteiger partial charge >= 0.3 is 0 Å². The van der Waals surface area contributed by atoms with Crippen molar-refractivity contribution in [1.82, 2.24) is 15.0 Å². The Bertz CT molecular complexity index is 1190. The summed E-state index contributed by atoms with van der Waals surface area (Å²) in [6.45, 7) is 0.695. The van der Waals surface area contributed by atoms with Crippen molar-refractivity contribution in [2.24, 2.45) is 5.10 Å². The van der Waals surface area contributed by atoms with Gasteiger partial charge in [-0.05, 0) is 47.5 Å². The van der Waals surface area contributed by atoms with Crippen molar-refractivity contribution < 1.29 is 9.53 Å². The second-order valence-corrected chi connectivity index (χ2v) is 7.75. The lowest BCUT2D eigenvalue weighted by molar-refractivity contribution is -0.118. The standard InChI is InChI=1S/C24H22N4O2S/c1-30-20-13-11-18(12-14-20)15-25-27-23(29)17-31-24-26-21-9-5-6-10-22(21)28(24)16-19-7-3-2-4-8-19/h2-15H,16-17H2,1H3,(H,27,29)/b25-15-. The number of fused-ring (bicyclic) bond motifs is 1. The quantitative estimate of drug-likeness (QED) is 0.257. The van der Waals surface area contributed by atoms with E-state index < -0.39 is 0 Å². The number of imidazole rings is 1. The smallest absolute Gasteiger partial charge is 0.250 e. The van der Waals surface area contributed by atoms with Gasteiger partial charge in [0.05, 0.1) is 36.7 Å². The minimum absolute atomic E-state index is 0.187. The van der Waals surface area contributed by atoms with Crippen molar-refractivity contribution in [3.05, 3.63) is 90.0 Å². The molecular weight excluding hydrogens is 408 g/mol. The van der Waals surface area contributed by atoms with Gasteiger partial charge in [0.2, 0.25) is 0 Å². The molecule has 7 heteroatoms. The van der Waals surface area contributed by atoms with Crippen LogP contribution >= 0.6 is 11.8 Å². The Morgan fingerprint density at radius 1 is 1.06 bits per heavy atom. The second-order valence-electron chi connectivity index (χ2n) is 6.81. The minimum atomic E-state index is -0.187. The van der Waals surface area contributed by atoms with Crippen LogP contribution in [-0.2, 0) is 11.3 Å². The lowest BCUT2D eigenvalue weighted by atomic mass is 10.2. The molecule has 0 unspecified atom stereocenters. The first-order valence-corrected chi connectivity index (χ1v) is 10.8. The molecule has 0 saturated heterocycles. The summed E-state index contributed by atoms with van der Waals surface area (Å²) in [6.07, 6.45) is 1.60. The molecule has 4 rings (SSSR count). The van der Waals surface area contributed by atoms with Gasteiger partial charge in [-0.25, -0.2) is 10.4 Å². The van der Waals surface area contributed by atoms with Crippen LogP contribution < -0.4 is 10.2 Å². The zero-order valence-corrected chi connectivity index (χ0v) is 17.9. The van der Waals surface area contributed by atoms with Gasteiger partial charge < -0.3 is 9.30 Å². The Morgan fingerprint density at radius 2 is 1.81 bits per heavy atom. The summed E-state index contributed by atoms with van der Waals surface area (Å²) >= 11 is 1.40. The first-order valence-electron chi connectivity index (χ1n) is 9.81. The highest BCUT2D eigenvalue weighted by atomic mass is 32.2. The zero-order valence-electron chi connectivity index (χ0n) is 17.1. The number of hydrazone groups is 1. The second kappa shape index (κ2) is 9.95. The van der Waals surface area contributed by atoms with Crippen molar-refractivity contribution in [2.75, 3.05) is 12.9 Å². The number of ether oxygens (including phenoxy) is 1. The Kier molecular flexibility index (Phi) is 6.64. The third kappa shape index (κ3) is 5.32. The number of amides is 1. The van der Waals surface area contributed by atoms with Gasteiger partial charge in [-0.15, -0.1) is 0 Å². The fourth-order valence-corrected chi connectivity index (χ4v) is 3.92. The van der Waals surface area contributed by atoms with Gasteiger partial charge in [-0.1, -0.05) is 54.2 Å². The molecule has 1 N–H and O–H groups in total. The summed E-state index contributed by atoms with van der Waals surface area (Å²) < 4.78 is 7.27. The van der Waals surface area contributed by atoms with Crippen LogP contribution in [0.1, 0.15) is 11.1 Å². The number of benzene rings is 3. The van der Waals surface area contributed by atoms with Crippen LogP contribution in [0.4, 0.5) is 0 Å². The van der Waals surface area contributed by atoms with E-state index >= 15 is 0 Å². The highest BCUT2D eigenvalue weighted by molar-refractivity contribution is 7.99. The molecule has 3 aromatic carbocycles. The number of thioether (sulfide) groups is 1. The van der Waals surface area contributed by atoms with Crippen LogP contribution in [0.5, 0.6) is 5.75 Å². The van der Waals surface area contributed by atoms with Crippen LogP contribution in [-0.4, -0.2) is 34.5 Å². The molecule has 0 aliphatic heterocycles. The molecule has 156 valence electrons. The molecule has 0 saturated carbocycles. The molecule has 6 nitrogen and oxygen atoms in total. The number of carbonyl (C=O) groups excluding carboxylic acids is 1. The van der Waals surface area contributed by atoms with Crippen LogP contribution in [0, 0.1) is 0 Å². The average Bonchev–Trinajstić information content (AvgIpc) is 3.16. The van der Waals surface area contributed by atoms with E-state index in [1.807, 2.05) is 60.7 Å². The molecule has 0 fully saturated rings. The summed E-state index contributed by atoms with van der Waals surface area (Å²) in [5, 5.41) is 4.84. The lowest BCUT2D eigenvalue weighted by Crippen LogP contribution is -2.20. The van der Waals surface area contributed by atoms with Gasteiger partial charge in [0.1, 0.15) is 5.75 Å². The van der Waals surface area contributed by atoms with E-state index in [1.165, 1.54) is 17.3 Å². The van der Waals surface area contributed by atoms with Crippen molar-refractivity contribution >= 4 is 34.9 Å². The molecule has 0 aliphatic rings. The molecule has 0 spiro atoms. The van der Waals surface area contributed by atoms with Crippen molar-refractivity contribution in [3.63, 3.8) is 0 Å². The topological polar surface area (TPSA) is 68.5 Å². The number of carbonyl (C=O) groups is 1. The maximum Gasteiger partial charge on any atom is 0.250 e. The fourth-order valence-electron chi connectivity index (χ4n) is 3.11. The largest absolute Gasteiger partial charge is 0.497 e. The zero-order chi connectivity index (χ0) is 21.5. The summed E-state index contributed by atoms with van der Waals surface area (Å²) in [6, 6.07) is 25.7. The molecule has 1 amide bonds. The van der Waals surface area contributed by atoms with E-state index in [1.54, 1.807) is 13.3 Å². The summed E-state index contributed by atoms with van der Waals surface area (Å²) in [5.41, 5.74) is 6.59. The maximum atomic E-state index is 12.3. The number of aromatic nitrogens is 2. The van der Waals surface area contributed by atoms with Crippen molar-refractivity contribution in [1.29, 1.82) is 0 Å². The molecule has 0 radical (unpaired) electrons. The number of nitrogens with one attached hydrogen (secondary N) is 1. The molecular formula is C24H22N4O2S. The van der Waals surface area contributed by atoms with Crippen LogP contribution in [0.25, 0.3) is 11.0 Å². The monoisotopic (exact) mass is 430 g/mol. The van der Waals surface area contributed by atoms with E-state index in [0.29, 0.717) is 6.54 Å². The lowest BCUT2D eigenvalue weighted by Gasteiger charge is -2.09. The number of nitrogens with zero attached hydrogens (tertiary/aromatic N) is 3. The molecule has 31 heavy (non-hydrogen) atoms. The normalized spacial score (nSPS) is 11.1. The Labute approximate surface area is 185 Å². The molecule has 0 atom stereocenters. The van der Waals surface area contributed by atoms with Gasteiger partial charge in [0, 0.05) is 0 Å². The molecule has 1 heterocycles. The predicted molar refractivity (Wildman–Crippen MR) is 125 cm³/mol. The summed E-state index contributed by atoms with van der Waals surface area (Å²) in [4.78, 5) is 17.0. The maximum absolute atomic E-state index is 12.3. The van der Waals surface area contributed by atoms with Gasteiger partial charge in [0.25, 0.3) is 5.91 Å². The number of para-hydroxylation sites is 2. The summed E-state index contributed by atoms with van der Waals surface area (Å²) in [7, 11) is 1.62. The number of hydrogen-bond donors (Lipinski definition) is 1. The van der Waals surface area contributed by atoms with Crippen molar-refractivity contribution in [3.8, 4) is 5.75 Å². The molecule has 1 aromatic heterocycles. The first kappa shape index (κ1) is 20.7. The molecule has 0 aliphatic carbocycles. The van der Waals surface area contributed by atoms with E-state index in [2.05, 4.69) is 33.3 Å². The molecule has 0 bridgehead atoms. The van der Waals surface area contributed by atoms with E-state index in [9.17, 15) is 4.79 Å². The SMILES string of the molecule is COc1ccc(/C=N\NC(=O)CSc2nc3ccccc3n2Cc2ccccc2)cc1. The Balaban J connectivity index is 1.41. The third-order valence-corrected chi connectivity index (χ3v) is 5.63. The average molecular weight is 431 g/mol. The van der Waals surface area contributed by atoms with Crippen LogP contribution in [0.2, 0.25) is 0 Å². The number of methoxy groups -OCH3 is 1. The highest BCUT2D eigenvalue weighted by Gasteiger charge is 2.13. The predicted octanol–water partition coefficient (Wildman–Crippen LogP) is 4.34. The Morgan fingerprint density at radius 3 is 2.58 bits per heavy atom.